The molecule has 0 amide bonds. The van der Waals surface area contributed by atoms with E-state index in [1.807, 2.05) is 0 Å². The van der Waals surface area contributed by atoms with Crippen molar-refractivity contribution in [3.63, 3.8) is 0 Å². The number of aromatic nitrogens is 3. The van der Waals surface area contributed by atoms with Crippen LogP contribution in [0.15, 0.2) is 21.5 Å². The average Bonchev–Trinajstić information content (AvgIpc) is 3.10. The molecule has 27 heavy (non-hydrogen) atoms. The molecule has 0 radical (unpaired) electrons. The van der Waals surface area contributed by atoms with Crippen LogP contribution in [0.25, 0.3) is 22.8 Å². The molecule has 2 heterocycles. The first-order valence-corrected chi connectivity index (χ1v) is 7.32. The Hall–Kier alpha value is -4.09. The lowest BCUT2D eigenvalue weighted by Crippen LogP contribution is -2.23. The number of aromatic hydroxyl groups is 3. The molecule has 0 spiro atoms. The molecule has 140 valence electrons. The van der Waals surface area contributed by atoms with E-state index in [2.05, 4.69) is 10.1 Å². The number of pyridine rings is 1. The molecule has 0 fully saturated rings. The predicted octanol–water partition coefficient (Wildman–Crippen LogP) is 1.44. The summed E-state index contributed by atoms with van der Waals surface area (Å²) >= 11 is 0. The number of nitrogens with zero attached hydrogens (tertiary/aromatic N) is 4. The summed E-state index contributed by atoms with van der Waals surface area (Å²) in [4.78, 5) is 26.2. The van der Waals surface area contributed by atoms with Crippen LogP contribution in [0.3, 0.4) is 0 Å². The highest BCUT2D eigenvalue weighted by Gasteiger charge is 2.25. The van der Waals surface area contributed by atoms with Gasteiger partial charge in [0.1, 0.15) is 5.75 Å². The minimum Gasteiger partial charge on any atom is -0.506 e. The predicted molar refractivity (Wildman–Crippen MR) is 87.7 cm³/mol. The van der Waals surface area contributed by atoms with Crippen LogP contribution >= 0.6 is 0 Å². The van der Waals surface area contributed by atoms with Crippen molar-refractivity contribution < 1.29 is 30.0 Å². The summed E-state index contributed by atoms with van der Waals surface area (Å²) in [5.41, 5.74) is -2.01. The Morgan fingerprint density at radius 3 is 2.48 bits per heavy atom. The van der Waals surface area contributed by atoms with Crippen molar-refractivity contribution >= 4 is 5.69 Å². The van der Waals surface area contributed by atoms with Crippen molar-refractivity contribution in [3.8, 4) is 40.1 Å². The van der Waals surface area contributed by atoms with E-state index in [0.29, 0.717) is 0 Å². The van der Waals surface area contributed by atoms with Crippen LogP contribution in [-0.2, 0) is 0 Å². The Labute approximate surface area is 149 Å². The van der Waals surface area contributed by atoms with Gasteiger partial charge in [0, 0.05) is 11.6 Å². The van der Waals surface area contributed by atoms with Gasteiger partial charge in [0.25, 0.3) is 11.4 Å². The maximum Gasteiger partial charge on any atom is 0.315 e. The van der Waals surface area contributed by atoms with Crippen LogP contribution in [0.5, 0.6) is 17.2 Å². The molecule has 0 aliphatic carbocycles. The van der Waals surface area contributed by atoms with E-state index < -0.39 is 27.7 Å². The Balaban J connectivity index is 2.18. The summed E-state index contributed by atoms with van der Waals surface area (Å²) in [7, 11) is 0. The van der Waals surface area contributed by atoms with Gasteiger partial charge in [0.05, 0.1) is 21.7 Å². The molecule has 12 heteroatoms. The van der Waals surface area contributed by atoms with Gasteiger partial charge in [-0.1, -0.05) is 5.16 Å². The van der Waals surface area contributed by atoms with Crippen molar-refractivity contribution in [1.29, 1.82) is 0 Å². The second-order valence-corrected chi connectivity index (χ2v) is 5.59. The van der Waals surface area contributed by atoms with Crippen LogP contribution in [-0.4, -0.2) is 40.3 Å². The van der Waals surface area contributed by atoms with Gasteiger partial charge in [0.2, 0.25) is 11.6 Å². The van der Waals surface area contributed by atoms with Gasteiger partial charge in [-0.05, 0) is 19.9 Å². The van der Waals surface area contributed by atoms with E-state index in [-0.39, 0.29) is 44.6 Å². The number of nitro groups is 1. The van der Waals surface area contributed by atoms with Crippen LogP contribution in [0.1, 0.15) is 11.3 Å². The van der Waals surface area contributed by atoms with Gasteiger partial charge in [-0.25, -0.2) is 0 Å². The quantitative estimate of drug-likeness (QED) is 0.225. The molecule has 3 aromatic rings. The number of hydrogen-bond donors (Lipinski definition) is 4. The minimum atomic E-state index is -0.925. The highest BCUT2D eigenvalue weighted by molar-refractivity contribution is 5.69. The summed E-state index contributed by atoms with van der Waals surface area (Å²) in [6, 6.07) is 1.86. The molecule has 1 aromatic carbocycles. The number of phenolic OH excluding ortho intramolecular Hbond substituents is 2. The number of nitro benzene ring substituents is 1. The third kappa shape index (κ3) is 2.68. The van der Waals surface area contributed by atoms with Gasteiger partial charge in [-0.15, -0.1) is 4.73 Å². The molecular weight excluding hydrogens is 364 g/mol. The van der Waals surface area contributed by atoms with E-state index >= 15 is 0 Å². The summed E-state index contributed by atoms with van der Waals surface area (Å²) in [6.07, 6.45) is 0. The Bertz CT molecular complexity index is 1150. The summed E-state index contributed by atoms with van der Waals surface area (Å²) < 4.78 is 5.19. The molecule has 0 saturated heterocycles. The molecular formula is C15H12N4O8. The monoisotopic (exact) mass is 376 g/mol. The smallest absolute Gasteiger partial charge is 0.315 e. The van der Waals surface area contributed by atoms with Crippen LogP contribution in [0, 0.1) is 24.0 Å². The third-order valence-electron chi connectivity index (χ3n) is 3.96. The molecule has 0 bridgehead atoms. The molecule has 0 aliphatic rings. The summed E-state index contributed by atoms with van der Waals surface area (Å²) in [6.45, 7) is 2.74. The van der Waals surface area contributed by atoms with Crippen molar-refractivity contribution in [3.05, 3.63) is 43.9 Å². The van der Waals surface area contributed by atoms with Gasteiger partial charge >= 0.3 is 5.69 Å². The van der Waals surface area contributed by atoms with Gasteiger partial charge in [-0.3, -0.25) is 14.9 Å². The van der Waals surface area contributed by atoms with E-state index in [9.17, 15) is 35.4 Å². The number of phenols is 2. The Kier molecular flexibility index (Phi) is 3.95. The second-order valence-electron chi connectivity index (χ2n) is 5.59. The third-order valence-corrected chi connectivity index (χ3v) is 3.96. The van der Waals surface area contributed by atoms with Gasteiger partial charge < -0.3 is 25.0 Å². The molecule has 0 atom stereocenters. The van der Waals surface area contributed by atoms with Crippen molar-refractivity contribution in [2.75, 3.05) is 0 Å². The van der Waals surface area contributed by atoms with Crippen molar-refractivity contribution in [2.24, 2.45) is 0 Å². The number of hydrogen-bond acceptors (Lipinski definition) is 10. The zero-order valence-electron chi connectivity index (χ0n) is 13.9. The Morgan fingerprint density at radius 1 is 1.19 bits per heavy atom. The Morgan fingerprint density at radius 2 is 1.85 bits per heavy atom. The van der Waals surface area contributed by atoms with Crippen LogP contribution in [0.2, 0.25) is 0 Å². The molecule has 12 nitrogen and oxygen atoms in total. The zero-order chi connectivity index (χ0) is 20.0. The van der Waals surface area contributed by atoms with Crippen molar-refractivity contribution in [1.82, 2.24) is 14.9 Å². The maximum atomic E-state index is 12.3. The summed E-state index contributed by atoms with van der Waals surface area (Å²) in [5.74, 6) is -2.64. The molecule has 3 rings (SSSR count). The number of rotatable bonds is 3. The largest absolute Gasteiger partial charge is 0.506 e. The van der Waals surface area contributed by atoms with E-state index in [1.54, 1.807) is 0 Å². The number of benzene rings is 1. The summed E-state index contributed by atoms with van der Waals surface area (Å²) in [5, 5.41) is 53.5. The van der Waals surface area contributed by atoms with Gasteiger partial charge in [0.15, 0.2) is 5.75 Å². The second kappa shape index (κ2) is 6.01. The molecule has 0 saturated carbocycles. The fraction of sp³-hybridized carbons (Fsp3) is 0.133. The fourth-order valence-corrected chi connectivity index (χ4v) is 2.48. The molecule has 0 unspecified atom stereocenters. The topological polar surface area (TPSA) is 185 Å². The van der Waals surface area contributed by atoms with Crippen LogP contribution < -0.4 is 5.56 Å². The van der Waals surface area contributed by atoms with E-state index in [0.717, 1.165) is 12.1 Å². The normalized spacial score (nSPS) is 10.9. The first-order chi connectivity index (χ1) is 12.6. The molecule has 0 aliphatic heterocycles. The van der Waals surface area contributed by atoms with E-state index in [1.165, 1.54) is 13.8 Å². The zero-order valence-corrected chi connectivity index (χ0v) is 13.9. The minimum absolute atomic E-state index is 0.0796. The van der Waals surface area contributed by atoms with Gasteiger partial charge in [-0.2, -0.15) is 4.98 Å². The SMILES string of the molecule is Cc1c(O)c(C)n(O)c(=O)c1-c1noc(-c2cc(O)c(O)c([N+](=O)[O-])c2)n1. The molecule has 2 aromatic heterocycles. The average molecular weight is 376 g/mol. The fourth-order valence-electron chi connectivity index (χ4n) is 2.48. The lowest BCUT2D eigenvalue weighted by molar-refractivity contribution is -0.385. The van der Waals surface area contributed by atoms with E-state index in [4.69, 9.17) is 4.52 Å². The first kappa shape index (κ1) is 17.7. The highest BCUT2D eigenvalue weighted by atomic mass is 16.6. The standard InChI is InChI=1S/C15H12N4O8/c1-5-10(15(23)18(24)6(2)11(5)21)13-16-14(27-17-13)7-3-8(19(25)26)12(22)9(20)4-7/h3-4,20-22,24H,1-2H3. The first-order valence-electron chi connectivity index (χ1n) is 7.32. The lowest BCUT2D eigenvalue weighted by Gasteiger charge is -2.09. The van der Waals surface area contributed by atoms with Crippen LogP contribution in [0.4, 0.5) is 5.69 Å². The highest BCUT2D eigenvalue weighted by Crippen LogP contribution is 2.39. The van der Waals surface area contributed by atoms with Crippen molar-refractivity contribution in [2.45, 2.75) is 13.8 Å². The molecule has 4 N–H and O–H groups in total. The lowest BCUT2D eigenvalue weighted by atomic mass is 10.1. The maximum absolute atomic E-state index is 12.3.